The van der Waals surface area contributed by atoms with E-state index in [1.54, 1.807) is 0 Å². The van der Waals surface area contributed by atoms with E-state index >= 15 is 0 Å². The van der Waals surface area contributed by atoms with Crippen molar-refractivity contribution in [1.29, 1.82) is 0 Å². The minimum Gasteiger partial charge on any atom is -0.490 e. The normalized spacial score (nSPS) is 15.4. The zero-order chi connectivity index (χ0) is 15.5. The standard InChI is InChI=1S/C16H24N2O3.HI/c1-16(2,3)17-9-11(19)10-21-14-6-4-5-13-12(14)7-8-15(20)18-13;/h4-6,11,17,19H,7-10H2,1-3H3,(H,18,20);1H. The molecule has 1 aliphatic rings. The number of carbonyl (C=O) groups excluding carboxylic acids is 1. The van der Waals surface area contributed by atoms with Crippen LogP contribution < -0.4 is 15.4 Å². The largest absolute Gasteiger partial charge is 0.490 e. The Morgan fingerprint density at radius 1 is 1.36 bits per heavy atom. The number of hydrogen-bond donors (Lipinski definition) is 3. The number of β-amino-alcohol motifs (C(OH)–C–C–N with tert-alkyl or cyclic N) is 1. The third kappa shape index (κ3) is 5.73. The molecule has 1 unspecified atom stereocenters. The molecular weight excluding hydrogens is 395 g/mol. The molecule has 1 amide bonds. The van der Waals surface area contributed by atoms with Crippen molar-refractivity contribution in [2.24, 2.45) is 0 Å². The number of carbonyl (C=O) groups is 1. The van der Waals surface area contributed by atoms with Gasteiger partial charge in [0.2, 0.25) is 5.91 Å². The van der Waals surface area contributed by atoms with Crippen LogP contribution in [-0.2, 0) is 11.2 Å². The maximum Gasteiger partial charge on any atom is 0.224 e. The lowest BCUT2D eigenvalue weighted by Gasteiger charge is -2.24. The molecule has 2 rings (SSSR count). The average Bonchev–Trinajstić information content (AvgIpc) is 2.41. The lowest BCUT2D eigenvalue weighted by molar-refractivity contribution is -0.116. The SMILES string of the molecule is CC(C)(C)NCC(O)COc1cccc2c1CCC(=O)N2.I. The van der Waals surface area contributed by atoms with E-state index in [0.29, 0.717) is 19.4 Å². The summed E-state index contributed by atoms with van der Waals surface area (Å²) < 4.78 is 5.73. The van der Waals surface area contributed by atoms with Gasteiger partial charge in [0.15, 0.2) is 0 Å². The van der Waals surface area contributed by atoms with E-state index in [9.17, 15) is 9.90 Å². The van der Waals surface area contributed by atoms with Crippen LogP contribution in [0, 0.1) is 0 Å². The molecule has 0 saturated carbocycles. The van der Waals surface area contributed by atoms with Gasteiger partial charge in [-0.3, -0.25) is 4.79 Å². The number of halogens is 1. The maximum atomic E-state index is 11.4. The topological polar surface area (TPSA) is 70.6 Å². The highest BCUT2D eigenvalue weighted by molar-refractivity contribution is 14.0. The summed E-state index contributed by atoms with van der Waals surface area (Å²) in [6.45, 7) is 6.87. The molecule has 3 N–H and O–H groups in total. The van der Waals surface area contributed by atoms with Gasteiger partial charge in [-0.05, 0) is 39.3 Å². The van der Waals surface area contributed by atoms with Crippen LogP contribution in [0.25, 0.3) is 0 Å². The number of benzene rings is 1. The minimum absolute atomic E-state index is 0. The molecule has 1 aromatic carbocycles. The van der Waals surface area contributed by atoms with Gasteiger partial charge in [0.05, 0.1) is 0 Å². The van der Waals surface area contributed by atoms with E-state index in [4.69, 9.17) is 4.74 Å². The Balaban J connectivity index is 0.00000242. The summed E-state index contributed by atoms with van der Waals surface area (Å²) >= 11 is 0. The van der Waals surface area contributed by atoms with E-state index in [0.717, 1.165) is 17.0 Å². The summed E-state index contributed by atoms with van der Waals surface area (Å²) in [5.74, 6) is 0.774. The lowest BCUT2D eigenvalue weighted by Crippen LogP contribution is -2.42. The van der Waals surface area contributed by atoms with E-state index in [-0.39, 0.29) is 42.0 Å². The number of rotatable bonds is 5. The van der Waals surface area contributed by atoms with Gasteiger partial charge in [-0.2, -0.15) is 0 Å². The van der Waals surface area contributed by atoms with E-state index < -0.39 is 6.10 Å². The zero-order valence-electron chi connectivity index (χ0n) is 13.3. The maximum absolute atomic E-state index is 11.4. The Kier molecular flexibility index (Phi) is 7.08. The van der Waals surface area contributed by atoms with Crippen molar-refractivity contribution in [1.82, 2.24) is 5.32 Å². The molecule has 0 aliphatic carbocycles. The molecular formula is C16H25IN2O3. The Bertz CT molecular complexity index is 515. The molecule has 0 bridgehead atoms. The number of fused-ring (bicyclic) bond motifs is 1. The van der Waals surface area contributed by atoms with Gasteiger partial charge >= 0.3 is 0 Å². The molecule has 1 atom stereocenters. The Labute approximate surface area is 148 Å². The monoisotopic (exact) mass is 420 g/mol. The van der Waals surface area contributed by atoms with Gasteiger partial charge in [-0.15, -0.1) is 24.0 Å². The summed E-state index contributed by atoms with van der Waals surface area (Å²) in [4.78, 5) is 11.4. The fourth-order valence-electron chi connectivity index (χ4n) is 2.20. The van der Waals surface area contributed by atoms with Gasteiger partial charge < -0.3 is 20.5 Å². The van der Waals surface area contributed by atoms with Crippen molar-refractivity contribution in [3.8, 4) is 5.75 Å². The fourth-order valence-corrected chi connectivity index (χ4v) is 2.20. The number of ether oxygens (including phenoxy) is 1. The van der Waals surface area contributed by atoms with Gasteiger partial charge in [0.25, 0.3) is 0 Å². The summed E-state index contributed by atoms with van der Waals surface area (Å²) in [6, 6.07) is 5.59. The highest BCUT2D eigenvalue weighted by Gasteiger charge is 2.19. The molecule has 0 fully saturated rings. The molecule has 0 aromatic heterocycles. The molecule has 0 saturated heterocycles. The predicted molar refractivity (Wildman–Crippen MR) is 98.1 cm³/mol. The third-order valence-electron chi connectivity index (χ3n) is 3.31. The molecule has 124 valence electrons. The first kappa shape index (κ1) is 19.2. The van der Waals surface area contributed by atoms with Crippen molar-refractivity contribution in [2.75, 3.05) is 18.5 Å². The number of aliphatic hydroxyl groups excluding tert-OH is 1. The van der Waals surface area contributed by atoms with Crippen LogP contribution in [0.15, 0.2) is 18.2 Å². The first-order chi connectivity index (χ1) is 9.85. The second-order valence-electron chi connectivity index (χ2n) is 6.43. The molecule has 1 aliphatic heterocycles. The van der Waals surface area contributed by atoms with Crippen LogP contribution in [0.2, 0.25) is 0 Å². The quantitative estimate of drug-likeness (QED) is 0.640. The van der Waals surface area contributed by atoms with Gasteiger partial charge in [0, 0.05) is 29.8 Å². The van der Waals surface area contributed by atoms with Crippen molar-refractivity contribution < 1.29 is 14.6 Å². The summed E-state index contributed by atoms with van der Waals surface area (Å²) in [7, 11) is 0. The van der Waals surface area contributed by atoms with Crippen LogP contribution in [0.5, 0.6) is 5.75 Å². The molecule has 1 aromatic rings. The van der Waals surface area contributed by atoms with Crippen LogP contribution in [0.1, 0.15) is 32.8 Å². The Morgan fingerprint density at radius 2 is 2.09 bits per heavy atom. The van der Waals surface area contributed by atoms with Crippen LogP contribution in [0.4, 0.5) is 5.69 Å². The zero-order valence-corrected chi connectivity index (χ0v) is 15.6. The number of hydrogen-bond acceptors (Lipinski definition) is 4. The third-order valence-corrected chi connectivity index (χ3v) is 3.31. The summed E-state index contributed by atoms with van der Waals surface area (Å²) in [5, 5.41) is 16.0. The van der Waals surface area contributed by atoms with Gasteiger partial charge in [0.1, 0.15) is 18.5 Å². The molecule has 5 nitrogen and oxygen atoms in total. The van der Waals surface area contributed by atoms with Crippen LogP contribution in [0.3, 0.4) is 0 Å². The fraction of sp³-hybridized carbons (Fsp3) is 0.562. The van der Waals surface area contributed by atoms with Crippen molar-refractivity contribution in [3.63, 3.8) is 0 Å². The van der Waals surface area contributed by atoms with E-state index in [2.05, 4.69) is 31.4 Å². The van der Waals surface area contributed by atoms with Crippen LogP contribution >= 0.6 is 24.0 Å². The highest BCUT2D eigenvalue weighted by Crippen LogP contribution is 2.31. The van der Waals surface area contributed by atoms with Crippen LogP contribution in [-0.4, -0.2) is 35.8 Å². The first-order valence-electron chi connectivity index (χ1n) is 7.33. The van der Waals surface area contributed by atoms with Gasteiger partial charge in [-0.25, -0.2) is 0 Å². The van der Waals surface area contributed by atoms with Crippen molar-refractivity contribution >= 4 is 35.6 Å². The second-order valence-corrected chi connectivity index (χ2v) is 6.43. The summed E-state index contributed by atoms with van der Waals surface area (Å²) in [6.07, 6.45) is 0.577. The van der Waals surface area contributed by atoms with E-state index in [1.165, 1.54) is 0 Å². The molecule has 22 heavy (non-hydrogen) atoms. The predicted octanol–water partition coefficient (Wildman–Crippen LogP) is 2.32. The Hall–Kier alpha value is -0.860. The number of amides is 1. The number of nitrogens with one attached hydrogen (secondary N) is 2. The average molecular weight is 420 g/mol. The molecule has 0 radical (unpaired) electrons. The first-order valence-corrected chi connectivity index (χ1v) is 7.33. The minimum atomic E-state index is -0.571. The second kappa shape index (κ2) is 8.12. The summed E-state index contributed by atoms with van der Waals surface area (Å²) in [5.41, 5.74) is 1.79. The van der Waals surface area contributed by atoms with Crippen molar-refractivity contribution in [2.45, 2.75) is 45.3 Å². The van der Waals surface area contributed by atoms with Gasteiger partial charge in [-0.1, -0.05) is 6.07 Å². The van der Waals surface area contributed by atoms with E-state index in [1.807, 2.05) is 18.2 Å². The molecule has 6 heteroatoms. The lowest BCUT2D eigenvalue weighted by atomic mass is 10.0. The molecule has 0 spiro atoms. The van der Waals surface area contributed by atoms with Crippen molar-refractivity contribution in [3.05, 3.63) is 23.8 Å². The number of anilines is 1. The molecule has 1 heterocycles. The highest BCUT2D eigenvalue weighted by atomic mass is 127. The number of aliphatic hydroxyl groups is 1. The Morgan fingerprint density at radius 3 is 2.77 bits per heavy atom. The smallest absolute Gasteiger partial charge is 0.224 e.